The Kier molecular flexibility index (Phi) is 12.1. The second-order valence-electron chi connectivity index (χ2n) is 5.34. The van der Waals surface area contributed by atoms with Gasteiger partial charge in [-0.25, -0.2) is 0 Å². The largest absolute Gasteiger partial charge is 0.462 e. The van der Waals surface area contributed by atoms with Crippen LogP contribution in [0.25, 0.3) is 0 Å². The van der Waals surface area contributed by atoms with Crippen molar-refractivity contribution in [1.29, 1.82) is 0 Å². The molecular weight excluding hydrogens is 334 g/mol. The Bertz CT molecular complexity index is 312. The molecule has 1 aliphatic heterocycles. The maximum Gasteiger partial charge on any atom is 0.293 e. The highest BCUT2D eigenvalue weighted by Gasteiger charge is 2.07. The Balaban J connectivity index is 0.000000289. The molecule has 21 heavy (non-hydrogen) atoms. The van der Waals surface area contributed by atoms with Gasteiger partial charge in [0.25, 0.3) is 6.47 Å². The lowest BCUT2D eigenvalue weighted by Gasteiger charge is -2.24. The van der Waals surface area contributed by atoms with Crippen molar-refractivity contribution in [2.45, 2.75) is 26.4 Å². The Labute approximate surface area is 136 Å². The van der Waals surface area contributed by atoms with Gasteiger partial charge >= 0.3 is 0 Å². The van der Waals surface area contributed by atoms with Crippen LogP contribution < -0.4 is 5.32 Å². The summed E-state index contributed by atoms with van der Waals surface area (Å²) >= 11 is 3.41. The van der Waals surface area contributed by atoms with Gasteiger partial charge < -0.3 is 10.1 Å². The number of ether oxygens (including phenoxy) is 1. The summed E-state index contributed by atoms with van der Waals surface area (Å²) in [5.41, 5.74) is 0.705. The van der Waals surface area contributed by atoms with E-state index in [1.165, 1.54) is 13.1 Å². The number of hydrogen-bond acceptors (Lipinski definition) is 5. The van der Waals surface area contributed by atoms with Gasteiger partial charge in [-0.05, 0) is 32.9 Å². The molecular formula is C15H26BrN3O2. The van der Waals surface area contributed by atoms with Gasteiger partial charge in [0, 0.05) is 38.6 Å². The van der Waals surface area contributed by atoms with Gasteiger partial charge in [0.1, 0.15) is 5.60 Å². The Morgan fingerprint density at radius 1 is 1.24 bits per heavy atom. The molecule has 120 valence electrons. The van der Waals surface area contributed by atoms with E-state index >= 15 is 0 Å². The third-order valence-corrected chi connectivity index (χ3v) is 3.06. The summed E-state index contributed by atoms with van der Waals surface area (Å²) in [4.78, 5) is 15.8. The van der Waals surface area contributed by atoms with Gasteiger partial charge in [0.15, 0.2) is 0 Å². The van der Waals surface area contributed by atoms with Crippen molar-refractivity contribution in [2.75, 3.05) is 31.6 Å². The molecule has 1 aromatic heterocycles. The number of hydrogen-bond donors (Lipinski definition) is 1. The molecule has 1 N–H and O–H groups in total. The zero-order chi connectivity index (χ0) is 16.0. The molecule has 0 aliphatic carbocycles. The molecule has 0 unspecified atom stereocenters. The summed E-state index contributed by atoms with van der Waals surface area (Å²) < 4.78 is 4.55. The van der Waals surface area contributed by atoms with Gasteiger partial charge in [0.2, 0.25) is 0 Å². The lowest BCUT2D eigenvalue weighted by atomic mass is 10.2. The predicted octanol–water partition coefficient (Wildman–Crippen LogP) is 2.28. The number of nitrogens with one attached hydrogen (secondary N) is 1. The van der Waals surface area contributed by atoms with Gasteiger partial charge in [-0.2, -0.15) is 0 Å². The zero-order valence-corrected chi connectivity index (χ0v) is 14.7. The number of piperazine rings is 1. The number of carbonyl (C=O) groups is 1. The van der Waals surface area contributed by atoms with Crippen LogP contribution in [0.3, 0.4) is 0 Å². The van der Waals surface area contributed by atoms with Crippen LogP contribution in [0.5, 0.6) is 0 Å². The smallest absolute Gasteiger partial charge is 0.293 e. The molecule has 1 aromatic rings. The van der Waals surface area contributed by atoms with Gasteiger partial charge in [-0.15, -0.1) is 0 Å². The van der Waals surface area contributed by atoms with Crippen molar-refractivity contribution in [2.24, 2.45) is 0 Å². The molecule has 1 fully saturated rings. The highest BCUT2D eigenvalue weighted by Crippen LogP contribution is 2.02. The van der Waals surface area contributed by atoms with E-state index in [0.717, 1.165) is 18.5 Å². The molecule has 2 heterocycles. The van der Waals surface area contributed by atoms with Crippen molar-refractivity contribution in [3.05, 3.63) is 30.6 Å². The average Bonchev–Trinajstić information content (AvgIpc) is 2.50. The number of halogens is 1. The van der Waals surface area contributed by atoms with Crippen LogP contribution in [0.4, 0.5) is 0 Å². The summed E-state index contributed by atoms with van der Waals surface area (Å²) in [5.74, 6) is 0. The topological polar surface area (TPSA) is 54.5 Å². The van der Waals surface area contributed by atoms with E-state index in [0.29, 0.717) is 6.47 Å². The first-order chi connectivity index (χ1) is 9.99. The Morgan fingerprint density at radius 3 is 2.00 bits per heavy atom. The van der Waals surface area contributed by atoms with E-state index in [1.807, 2.05) is 39.0 Å². The molecule has 6 heteroatoms. The first-order valence-corrected chi connectivity index (χ1v) is 8.07. The van der Waals surface area contributed by atoms with Gasteiger partial charge in [0.05, 0.1) is 5.45 Å². The molecule has 0 radical (unpaired) electrons. The fourth-order valence-electron chi connectivity index (χ4n) is 1.29. The van der Waals surface area contributed by atoms with E-state index in [1.54, 1.807) is 12.4 Å². The highest BCUT2D eigenvalue weighted by molar-refractivity contribution is 9.09. The number of rotatable bonds is 2. The summed E-state index contributed by atoms with van der Waals surface area (Å²) in [6, 6.07) is 5.72. The summed E-state index contributed by atoms with van der Waals surface area (Å²) in [5, 5.41) is 3.29. The van der Waals surface area contributed by atoms with Crippen molar-refractivity contribution in [1.82, 2.24) is 15.2 Å². The number of carbonyl (C=O) groups excluding carboxylic acids is 1. The third-order valence-electron chi connectivity index (χ3n) is 2.35. The highest BCUT2D eigenvalue weighted by atomic mass is 79.9. The van der Waals surface area contributed by atoms with Crippen molar-refractivity contribution in [3.63, 3.8) is 0 Å². The second kappa shape index (κ2) is 12.7. The lowest BCUT2D eigenvalue weighted by molar-refractivity contribution is -0.138. The van der Waals surface area contributed by atoms with Gasteiger partial charge in [-0.1, -0.05) is 22.0 Å². The minimum absolute atomic E-state index is 0.318. The fraction of sp³-hybridized carbons (Fsp3) is 0.600. The third kappa shape index (κ3) is 15.2. The maximum atomic E-state index is 9.60. The predicted molar refractivity (Wildman–Crippen MR) is 89.4 cm³/mol. The van der Waals surface area contributed by atoms with Crippen LogP contribution in [0.2, 0.25) is 0 Å². The molecule has 0 amide bonds. The number of pyridine rings is 1. The Morgan fingerprint density at radius 2 is 1.81 bits per heavy atom. The number of nitrogens with zero attached hydrogens (tertiary/aromatic N) is 2. The molecule has 0 atom stereocenters. The van der Waals surface area contributed by atoms with E-state index in [4.69, 9.17) is 0 Å². The molecule has 2 rings (SSSR count). The SMILES string of the molecule is BrCN1CCNCC1.CC(C)(C)OC=O.c1ccncc1. The molecule has 0 bridgehead atoms. The minimum Gasteiger partial charge on any atom is -0.462 e. The molecule has 0 spiro atoms. The van der Waals surface area contributed by atoms with Crippen molar-refractivity contribution < 1.29 is 9.53 Å². The van der Waals surface area contributed by atoms with Crippen molar-refractivity contribution in [3.8, 4) is 0 Å². The van der Waals surface area contributed by atoms with Gasteiger partial charge in [-0.3, -0.25) is 14.7 Å². The summed E-state index contributed by atoms with van der Waals surface area (Å²) in [7, 11) is 0. The molecule has 0 aromatic carbocycles. The quantitative estimate of drug-likeness (QED) is 0.498. The van der Waals surface area contributed by atoms with Crippen LogP contribution in [0.15, 0.2) is 30.6 Å². The summed E-state index contributed by atoms with van der Waals surface area (Å²) in [6.07, 6.45) is 3.50. The van der Waals surface area contributed by atoms with Crippen molar-refractivity contribution >= 4 is 22.4 Å². The second-order valence-corrected chi connectivity index (χ2v) is 5.84. The minimum atomic E-state index is -0.318. The monoisotopic (exact) mass is 359 g/mol. The lowest BCUT2D eigenvalue weighted by Crippen LogP contribution is -2.42. The van der Waals surface area contributed by atoms with E-state index < -0.39 is 0 Å². The average molecular weight is 360 g/mol. The fourth-order valence-corrected chi connectivity index (χ4v) is 1.79. The van der Waals surface area contributed by atoms with Crippen LogP contribution >= 0.6 is 15.9 Å². The first kappa shape index (κ1) is 20.0. The zero-order valence-electron chi connectivity index (χ0n) is 13.1. The van der Waals surface area contributed by atoms with Crippen LogP contribution in [0.1, 0.15) is 20.8 Å². The van der Waals surface area contributed by atoms with Crippen LogP contribution in [-0.2, 0) is 9.53 Å². The molecule has 1 aliphatic rings. The normalized spacial score (nSPS) is 14.9. The first-order valence-electron chi connectivity index (χ1n) is 6.95. The maximum absolute atomic E-state index is 9.60. The van der Waals surface area contributed by atoms with E-state index in [-0.39, 0.29) is 5.60 Å². The number of alkyl halides is 1. The summed E-state index contributed by atoms with van der Waals surface area (Å²) in [6.45, 7) is 10.6. The van der Waals surface area contributed by atoms with E-state index in [9.17, 15) is 4.79 Å². The van der Waals surface area contributed by atoms with Crippen LogP contribution in [0, 0.1) is 0 Å². The van der Waals surface area contributed by atoms with Crippen LogP contribution in [-0.4, -0.2) is 53.6 Å². The molecule has 1 saturated heterocycles. The Hall–Kier alpha value is -0.980. The number of aromatic nitrogens is 1. The molecule has 5 nitrogen and oxygen atoms in total. The standard InChI is InChI=1S/C5H11BrN2.C5H5N.C5H10O2/c6-5-8-3-1-7-2-4-8;1-2-4-6-5-3-1;1-5(2,3)7-4-6/h7H,1-5H2;1-5H;4H,1-3H3. The molecule has 0 saturated carbocycles. The van der Waals surface area contributed by atoms with E-state index in [2.05, 4.69) is 35.9 Å².